The Morgan fingerprint density at radius 1 is 1.26 bits per heavy atom. The van der Waals surface area contributed by atoms with E-state index in [-0.39, 0.29) is 11.2 Å². The second-order valence-corrected chi connectivity index (χ2v) is 8.05. The Kier molecular flexibility index (Phi) is 4.74. The minimum atomic E-state index is -0.176. The summed E-state index contributed by atoms with van der Waals surface area (Å²) in [7, 11) is 0. The minimum Gasteiger partial charge on any atom is -0.342 e. The highest BCUT2D eigenvalue weighted by Crippen LogP contribution is 2.41. The molecule has 0 atom stereocenters. The Labute approximate surface area is 167 Å². The van der Waals surface area contributed by atoms with E-state index in [9.17, 15) is 4.39 Å². The fraction of sp³-hybridized carbons (Fsp3) is 0.368. The van der Waals surface area contributed by atoms with Gasteiger partial charge in [-0.05, 0) is 25.8 Å². The first-order chi connectivity index (χ1) is 12.9. The molecule has 1 aromatic rings. The zero-order chi connectivity index (χ0) is 19.2. The van der Waals surface area contributed by atoms with Crippen molar-refractivity contribution in [2.24, 2.45) is 15.7 Å². The third kappa shape index (κ3) is 3.26. The summed E-state index contributed by atoms with van der Waals surface area (Å²) in [5, 5.41) is 0.764. The van der Waals surface area contributed by atoms with Gasteiger partial charge in [0.2, 0.25) is 5.96 Å². The van der Waals surface area contributed by atoms with Gasteiger partial charge in [0.1, 0.15) is 17.8 Å². The molecule has 0 aromatic heterocycles. The first-order valence-electron chi connectivity index (χ1n) is 8.83. The van der Waals surface area contributed by atoms with Crippen molar-refractivity contribution in [3.63, 3.8) is 0 Å². The van der Waals surface area contributed by atoms with Crippen molar-refractivity contribution in [3.05, 3.63) is 51.7 Å². The van der Waals surface area contributed by atoms with Crippen LogP contribution in [0.4, 0.5) is 4.39 Å². The van der Waals surface area contributed by atoms with E-state index in [0.29, 0.717) is 45.8 Å². The molecule has 0 radical (unpaired) electrons. The van der Waals surface area contributed by atoms with Gasteiger partial charge in [-0.3, -0.25) is 4.90 Å². The highest BCUT2D eigenvalue weighted by molar-refractivity contribution is 6.43. The number of nitrogens with zero attached hydrogens (tertiary/aromatic N) is 4. The van der Waals surface area contributed by atoms with Crippen molar-refractivity contribution < 1.29 is 4.39 Å². The summed E-state index contributed by atoms with van der Waals surface area (Å²) in [5.74, 6) is 1.33. The average molecular weight is 408 g/mol. The molecule has 1 fully saturated rings. The Bertz CT molecular complexity index is 893. The van der Waals surface area contributed by atoms with Crippen LogP contribution >= 0.6 is 23.2 Å². The Balaban J connectivity index is 1.76. The third-order valence-electron chi connectivity index (χ3n) is 5.19. The fourth-order valence-electron chi connectivity index (χ4n) is 3.57. The van der Waals surface area contributed by atoms with Gasteiger partial charge in [-0.1, -0.05) is 35.3 Å². The van der Waals surface area contributed by atoms with Crippen molar-refractivity contribution in [1.29, 1.82) is 0 Å². The topological polar surface area (TPSA) is 57.2 Å². The van der Waals surface area contributed by atoms with Crippen LogP contribution in [-0.4, -0.2) is 47.1 Å². The molecule has 4 rings (SSSR count). The summed E-state index contributed by atoms with van der Waals surface area (Å²) in [4.78, 5) is 13.2. The van der Waals surface area contributed by atoms with Crippen molar-refractivity contribution in [2.75, 3.05) is 19.6 Å². The van der Waals surface area contributed by atoms with Crippen LogP contribution in [0.2, 0.25) is 10.0 Å². The number of hydrogen-bond acceptors (Lipinski definition) is 5. The van der Waals surface area contributed by atoms with Gasteiger partial charge in [0.25, 0.3) is 0 Å². The van der Waals surface area contributed by atoms with Crippen LogP contribution in [0.25, 0.3) is 5.57 Å². The molecule has 2 N–H and O–H groups in total. The van der Waals surface area contributed by atoms with E-state index in [1.54, 1.807) is 24.4 Å². The van der Waals surface area contributed by atoms with E-state index in [4.69, 9.17) is 28.9 Å². The van der Waals surface area contributed by atoms with Gasteiger partial charge >= 0.3 is 0 Å². The maximum Gasteiger partial charge on any atom is 0.208 e. The normalized spacial score (nSPS) is 23.1. The van der Waals surface area contributed by atoms with Crippen LogP contribution in [-0.2, 0) is 0 Å². The maximum atomic E-state index is 13.9. The van der Waals surface area contributed by atoms with Gasteiger partial charge in [-0.2, -0.15) is 0 Å². The number of benzene rings is 1. The largest absolute Gasteiger partial charge is 0.342 e. The molecule has 0 spiro atoms. The van der Waals surface area contributed by atoms with Gasteiger partial charge < -0.3 is 10.6 Å². The molecule has 27 heavy (non-hydrogen) atoms. The number of guanidine groups is 1. The second kappa shape index (κ2) is 6.93. The number of likely N-dealkylation sites (tertiary alicyclic amines) is 1. The van der Waals surface area contributed by atoms with Gasteiger partial charge in [0, 0.05) is 30.4 Å². The molecule has 1 saturated heterocycles. The molecule has 5 nitrogen and oxygen atoms in total. The lowest BCUT2D eigenvalue weighted by Gasteiger charge is -2.41. The molecule has 0 unspecified atom stereocenters. The van der Waals surface area contributed by atoms with E-state index in [1.165, 1.54) is 0 Å². The van der Waals surface area contributed by atoms with E-state index >= 15 is 0 Å². The summed E-state index contributed by atoms with van der Waals surface area (Å²) in [6.45, 7) is 4.17. The second-order valence-electron chi connectivity index (χ2n) is 7.27. The van der Waals surface area contributed by atoms with Crippen molar-refractivity contribution in [3.8, 4) is 0 Å². The molecule has 3 aliphatic rings. The number of fused-ring (bicyclic) bond motifs is 1. The van der Waals surface area contributed by atoms with E-state index < -0.39 is 0 Å². The zero-order valence-corrected chi connectivity index (χ0v) is 16.4. The molecule has 3 heterocycles. The lowest BCUT2D eigenvalue weighted by Crippen LogP contribution is -2.53. The van der Waals surface area contributed by atoms with Gasteiger partial charge in [-0.25, -0.2) is 14.4 Å². The summed E-state index contributed by atoms with van der Waals surface area (Å²) in [6.07, 6.45) is 3.99. The van der Waals surface area contributed by atoms with Crippen LogP contribution < -0.4 is 5.73 Å². The summed E-state index contributed by atoms with van der Waals surface area (Å²) in [6, 6.07) is 5.28. The van der Waals surface area contributed by atoms with Crippen LogP contribution in [0, 0.1) is 0 Å². The quantitative estimate of drug-likeness (QED) is 0.763. The molecule has 142 valence electrons. The molecule has 0 bridgehead atoms. The Morgan fingerprint density at radius 3 is 2.70 bits per heavy atom. The molecular formula is C19H20Cl2FN5. The lowest BCUT2D eigenvalue weighted by atomic mass is 9.91. The summed E-state index contributed by atoms with van der Waals surface area (Å²) in [5.41, 5.74) is 7.42. The highest BCUT2D eigenvalue weighted by Gasteiger charge is 2.36. The SMILES string of the molecule is CC1(N)CCN(C2=NC(=CF)C(c3cccc(Cl)c3Cl)=C3N=CCN23)CC1. The lowest BCUT2D eigenvalue weighted by molar-refractivity contribution is 0.228. The minimum absolute atomic E-state index is 0.176. The van der Waals surface area contributed by atoms with Crippen LogP contribution in [0.5, 0.6) is 0 Å². The van der Waals surface area contributed by atoms with E-state index in [0.717, 1.165) is 25.9 Å². The Hall–Kier alpha value is -1.89. The smallest absolute Gasteiger partial charge is 0.208 e. The monoisotopic (exact) mass is 407 g/mol. The summed E-state index contributed by atoms with van der Waals surface area (Å²) < 4.78 is 13.9. The Morgan fingerprint density at radius 2 is 2.00 bits per heavy atom. The van der Waals surface area contributed by atoms with E-state index in [2.05, 4.69) is 21.8 Å². The first kappa shape index (κ1) is 18.5. The number of halogens is 3. The average Bonchev–Trinajstić information content (AvgIpc) is 3.13. The number of allylic oxidation sites excluding steroid dienone is 1. The summed E-state index contributed by atoms with van der Waals surface area (Å²) >= 11 is 12.6. The molecule has 0 amide bonds. The zero-order valence-electron chi connectivity index (χ0n) is 14.9. The number of hydrogen-bond donors (Lipinski definition) is 1. The predicted molar refractivity (Wildman–Crippen MR) is 109 cm³/mol. The van der Waals surface area contributed by atoms with Crippen LogP contribution in [0.3, 0.4) is 0 Å². The number of rotatable bonds is 1. The molecule has 3 aliphatic heterocycles. The predicted octanol–water partition coefficient (Wildman–Crippen LogP) is 4.04. The van der Waals surface area contributed by atoms with Crippen LogP contribution in [0.1, 0.15) is 25.3 Å². The molecule has 0 saturated carbocycles. The number of nitrogens with two attached hydrogens (primary N) is 1. The number of aliphatic imine (C=N–C) groups is 2. The van der Waals surface area contributed by atoms with E-state index in [1.807, 2.05) is 4.90 Å². The first-order valence-corrected chi connectivity index (χ1v) is 9.59. The van der Waals surface area contributed by atoms with Gasteiger partial charge in [0.05, 0.1) is 22.2 Å². The van der Waals surface area contributed by atoms with Gasteiger partial charge in [-0.15, -0.1) is 0 Å². The van der Waals surface area contributed by atoms with Crippen molar-refractivity contribution in [2.45, 2.75) is 25.3 Å². The highest BCUT2D eigenvalue weighted by atomic mass is 35.5. The van der Waals surface area contributed by atoms with Crippen LogP contribution in [0.15, 0.2) is 46.0 Å². The standard InChI is InChI=1S/C19H20Cl2FN5/c1-19(23)5-8-26(9-6-19)18-25-14(11-22)15(17-24-7-10-27(17)18)12-3-2-4-13(20)16(12)21/h2-4,7,11H,5-6,8-10,23H2,1H3. The fourth-order valence-corrected chi connectivity index (χ4v) is 3.97. The third-order valence-corrected chi connectivity index (χ3v) is 6.01. The number of piperidine rings is 1. The van der Waals surface area contributed by atoms with Gasteiger partial charge in [0.15, 0.2) is 0 Å². The molecular weight excluding hydrogens is 388 g/mol. The molecule has 0 aliphatic carbocycles. The molecule has 8 heteroatoms. The van der Waals surface area contributed by atoms with Crippen molar-refractivity contribution >= 4 is 40.9 Å². The van der Waals surface area contributed by atoms with Crippen molar-refractivity contribution in [1.82, 2.24) is 9.80 Å². The maximum absolute atomic E-state index is 13.9. The molecule has 1 aromatic carbocycles.